The largest absolute Gasteiger partial charge is 0.465 e. The van der Waals surface area contributed by atoms with Gasteiger partial charge in [0.15, 0.2) is 0 Å². The third kappa shape index (κ3) is 2.67. The van der Waals surface area contributed by atoms with E-state index >= 15 is 0 Å². The number of nitrogens with zero attached hydrogens (tertiary/aromatic N) is 1. The van der Waals surface area contributed by atoms with E-state index in [-0.39, 0.29) is 6.54 Å². The van der Waals surface area contributed by atoms with Crippen LogP contribution < -0.4 is 5.32 Å². The number of carbonyl (C=O) groups is 1. The molecule has 0 bridgehead atoms. The van der Waals surface area contributed by atoms with Crippen molar-refractivity contribution in [1.82, 2.24) is 10.2 Å². The Hall–Kier alpha value is -0.810. The fourth-order valence-corrected chi connectivity index (χ4v) is 1.25. The third-order valence-corrected chi connectivity index (χ3v) is 1.86. The molecule has 1 fully saturated rings. The molecule has 1 unspecified atom stereocenters. The molecule has 1 amide bonds. The van der Waals surface area contributed by atoms with Gasteiger partial charge in [-0.1, -0.05) is 0 Å². The maximum atomic E-state index is 10.6. The van der Waals surface area contributed by atoms with Crippen LogP contribution in [0.4, 0.5) is 4.79 Å². The number of rotatable bonds is 0. The monoisotopic (exact) mass is 174 g/mol. The van der Waals surface area contributed by atoms with Crippen molar-refractivity contribution in [2.45, 2.75) is 12.5 Å². The van der Waals surface area contributed by atoms with Crippen molar-refractivity contribution < 1.29 is 15.0 Å². The van der Waals surface area contributed by atoms with Gasteiger partial charge in [0.25, 0.3) is 0 Å². The Morgan fingerprint density at radius 1 is 1.58 bits per heavy atom. The Morgan fingerprint density at radius 2 is 2.33 bits per heavy atom. The number of aliphatic hydroxyl groups excluding tert-OH is 1. The lowest BCUT2D eigenvalue weighted by Gasteiger charge is -2.25. The summed E-state index contributed by atoms with van der Waals surface area (Å²) in [6, 6.07) is 0. The van der Waals surface area contributed by atoms with Gasteiger partial charge in [0.2, 0.25) is 0 Å². The van der Waals surface area contributed by atoms with E-state index < -0.39 is 12.2 Å². The van der Waals surface area contributed by atoms with E-state index in [0.717, 1.165) is 13.0 Å². The third-order valence-electron chi connectivity index (χ3n) is 1.86. The number of aliphatic hydroxyl groups is 1. The molecular weight excluding hydrogens is 160 g/mol. The first-order valence-electron chi connectivity index (χ1n) is 4.07. The molecule has 0 saturated carbocycles. The minimum absolute atomic E-state index is 0.211. The minimum atomic E-state index is -0.948. The van der Waals surface area contributed by atoms with Crippen molar-refractivity contribution in [2.75, 3.05) is 26.2 Å². The van der Waals surface area contributed by atoms with E-state index in [9.17, 15) is 9.90 Å². The van der Waals surface area contributed by atoms with Crippen molar-refractivity contribution in [2.24, 2.45) is 0 Å². The van der Waals surface area contributed by atoms with E-state index in [2.05, 4.69) is 5.32 Å². The van der Waals surface area contributed by atoms with E-state index in [0.29, 0.717) is 13.1 Å². The zero-order chi connectivity index (χ0) is 8.97. The summed E-state index contributed by atoms with van der Waals surface area (Å²) >= 11 is 0. The van der Waals surface area contributed by atoms with Crippen molar-refractivity contribution >= 4 is 6.09 Å². The van der Waals surface area contributed by atoms with E-state index in [4.69, 9.17) is 5.11 Å². The van der Waals surface area contributed by atoms with Crippen molar-refractivity contribution in [3.63, 3.8) is 0 Å². The van der Waals surface area contributed by atoms with Gasteiger partial charge >= 0.3 is 6.09 Å². The molecule has 5 nitrogen and oxygen atoms in total. The highest BCUT2D eigenvalue weighted by Crippen LogP contribution is 1.98. The number of hydrogen-bond acceptors (Lipinski definition) is 3. The molecule has 0 aliphatic carbocycles. The zero-order valence-corrected chi connectivity index (χ0v) is 6.86. The van der Waals surface area contributed by atoms with E-state index in [1.54, 1.807) is 0 Å². The average Bonchev–Trinajstić information content (AvgIpc) is 1.95. The molecule has 1 aliphatic rings. The quantitative estimate of drug-likeness (QED) is 0.455. The van der Waals surface area contributed by atoms with Crippen LogP contribution in [0.3, 0.4) is 0 Å². The summed E-state index contributed by atoms with van der Waals surface area (Å²) in [5, 5.41) is 21.0. The Kier molecular flexibility index (Phi) is 3.31. The molecule has 1 aliphatic heterocycles. The topological polar surface area (TPSA) is 72.8 Å². The molecule has 1 atom stereocenters. The molecule has 1 heterocycles. The molecule has 1 saturated heterocycles. The van der Waals surface area contributed by atoms with Gasteiger partial charge in [-0.05, 0) is 13.0 Å². The molecule has 0 aromatic rings. The van der Waals surface area contributed by atoms with Gasteiger partial charge in [-0.2, -0.15) is 0 Å². The molecule has 0 aromatic heterocycles. The molecule has 0 radical (unpaired) electrons. The van der Waals surface area contributed by atoms with Gasteiger partial charge in [-0.15, -0.1) is 0 Å². The molecule has 5 heteroatoms. The summed E-state index contributed by atoms with van der Waals surface area (Å²) in [4.78, 5) is 11.8. The van der Waals surface area contributed by atoms with Crippen LogP contribution in [-0.4, -0.2) is 53.5 Å². The summed E-state index contributed by atoms with van der Waals surface area (Å²) in [5.41, 5.74) is 0. The second-order valence-electron chi connectivity index (χ2n) is 2.94. The first kappa shape index (κ1) is 9.28. The van der Waals surface area contributed by atoms with Crippen LogP contribution in [0.2, 0.25) is 0 Å². The predicted molar refractivity (Wildman–Crippen MR) is 43.1 cm³/mol. The molecule has 0 spiro atoms. The summed E-state index contributed by atoms with van der Waals surface area (Å²) in [6.07, 6.45) is -0.726. The summed E-state index contributed by atoms with van der Waals surface area (Å²) in [6.45, 7) is 1.95. The second kappa shape index (κ2) is 4.27. The Bertz CT molecular complexity index is 163. The predicted octanol–water partition coefficient (Wildman–Crippen LogP) is -0.679. The maximum Gasteiger partial charge on any atom is 0.407 e. The van der Waals surface area contributed by atoms with E-state index in [1.807, 2.05) is 0 Å². The van der Waals surface area contributed by atoms with Crippen molar-refractivity contribution in [3.8, 4) is 0 Å². The molecule has 12 heavy (non-hydrogen) atoms. The fourth-order valence-electron chi connectivity index (χ4n) is 1.25. The van der Waals surface area contributed by atoms with Gasteiger partial charge in [0.05, 0.1) is 12.6 Å². The SMILES string of the molecule is O=C(O)N1CCCNCC(O)C1. The number of hydrogen-bond donors (Lipinski definition) is 3. The number of β-amino-alcohol motifs (C(OH)–C–C–N with tert-alkyl or cyclic N) is 1. The van der Waals surface area contributed by atoms with Crippen LogP contribution in [0, 0.1) is 0 Å². The zero-order valence-electron chi connectivity index (χ0n) is 6.86. The highest BCUT2D eigenvalue weighted by atomic mass is 16.4. The standard InChI is InChI=1S/C7H14N2O3/c10-6-4-8-2-1-3-9(5-6)7(11)12/h6,8,10H,1-5H2,(H,11,12). The number of carboxylic acid groups (broad SMARTS) is 1. The van der Waals surface area contributed by atoms with Crippen LogP contribution in [0.15, 0.2) is 0 Å². The summed E-state index contributed by atoms with van der Waals surface area (Å²) in [5.74, 6) is 0. The average molecular weight is 174 g/mol. The van der Waals surface area contributed by atoms with Crippen molar-refractivity contribution in [1.29, 1.82) is 0 Å². The maximum absolute atomic E-state index is 10.6. The number of amides is 1. The lowest BCUT2D eigenvalue weighted by atomic mass is 10.2. The lowest BCUT2D eigenvalue weighted by molar-refractivity contribution is 0.0890. The first-order chi connectivity index (χ1) is 5.70. The van der Waals surface area contributed by atoms with Gasteiger partial charge in [-0.3, -0.25) is 0 Å². The normalized spacial score (nSPS) is 26.1. The highest BCUT2D eigenvalue weighted by molar-refractivity contribution is 5.64. The summed E-state index contributed by atoms with van der Waals surface area (Å²) < 4.78 is 0. The lowest BCUT2D eigenvalue weighted by Crippen LogP contribution is -2.44. The second-order valence-corrected chi connectivity index (χ2v) is 2.94. The van der Waals surface area contributed by atoms with Gasteiger partial charge in [-0.25, -0.2) is 4.79 Å². The molecular formula is C7H14N2O3. The van der Waals surface area contributed by atoms with Crippen LogP contribution in [0.25, 0.3) is 0 Å². The molecule has 70 valence electrons. The summed E-state index contributed by atoms with van der Waals surface area (Å²) in [7, 11) is 0. The molecule has 1 rings (SSSR count). The molecule has 3 N–H and O–H groups in total. The number of nitrogens with one attached hydrogen (secondary N) is 1. The van der Waals surface area contributed by atoms with Crippen LogP contribution in [-0.2, 0) is 0 Å². The van der Waals surface area contributed by atoms with Crippen LogP contribution in [0.1, 0.15) is 6.42 Å². The Labute approximate surface area is 71.0 Å². The first-order valence-corrected chi connectivity index (χ1v) is 4.07. The fraction of sp³-hybridized carbons (Fsp3) is 0.857. The van der Waals surface area contributed by atoms with E-state index in [1.165, 1.54) is 4.90 Å². The minimum Gasteiger partial charge on any atom is -0.465 e. The molecule has 0 aromatic carbocycles. The van der Waals surface area contributed by atoms with Gasteiger partial charge < -0.3 is 20.4 Å². The van der Waals surface area contributed by atoms with Gasteiger partial charge in [0, 0.05) is 13.1 Å². The Morgan fingerprint density at radius 3 is 3.00 bits per heavy atom. The van der Waals surface area contributed by atoms with Crippen LogP contribution in [0.5, 0.6) is 0 Å². The Balaban J connectivity index is 2.43. The highest BCUT2D eigenvalue weighted by Gasteiger charge is 2.17. The van der Waals surface area contributed by atoms with Gasteiger partial charge in [0.1, 0.15) is 0 Å². The van der Waals surface area contributed by atoms with Crippen LogP contribution >= 0.6 is 0 Å². The smallest absolute Gasteiger partial charge is 0.407 e. The van der Waals surface area contributed by atoms with Crippen molar-refractivity contribution in [3.05, 3.63) is 0 Å².